The van der Waals surface area contributed by atoms with Crippen LogP contribution >= 0.6 is 0 Å². The van der Waals surface area contributed by atoms with Crippen molar-refractivity contribution < 1.29 is 4.79 Å². The van der Waals surface area contributed by atoms with Gasteiger partial charge in [-0.15, -0.1) is 0 Å². The van der Waals surface area contributed by atoms with E-state index in [4.69, 9.17) is 0 Å². The molecule has 2 aromatic heterocycles. The maximum absolute atomic E-state index is 12.1. The molecular formula is C11H14N6O. The fourth-order valence-corrected chi connectivity index (χ4v) is 2.14. The summed E-state index contributed by atoms with van der Waals surface area (Å²) < 4.78 is 0. The van der Waals surface area contributed by atoms with Crippen molar-refractivity contribution in [2.24, 2.45) is 0 Å². The molecule has 3 rings (SSSR count). The van der Waals surface area contributed by atoms with E-state index in [1.165, 1.54) is 12.7 Å². The molecule has 0 saturated carbocycles. The smallest absolute Gasteiger partial charge is 0.283 e. The first-order chi connectivity index (χ1) is 8.84. The summed E-state index contributed by atoms with van der Waals surface area (Å²) in [6.07, 6.45) is 6.48. The molecule has 0 atom stereocenters. The Hall–Kier alpha value is -2.02. The fraction of sp³-hybridized carbons (Fsp3) is 0.455. The summed E-state index contributed by atoms with van der Waals surface area (Å²) in [5.74, 6) is -0.210. The van der Waals surface area contributed by atoms with Gasteiger partial charge in [0.2, 0.25) is 0 Å². The van der Waals surface area contributed by atoms with Crippen LogP contribution < -0.4 is 5.43 Å². The van der Waals surface area contributed by atoms with Crippen molar-refractivity contribution in [1.29, 1.82) is 0 Å². The summed E-state index contributed by atoms with van der Waals surface area (Å²) >= 11 is 0. The second-order valence-corrected chi connectivity index (χ2v) is 4.35. The van der Waals surface area contributed by atoms with E-state index in [0.29, 0.717) is 16.7 Å². The molecule has 18 heavy (non-hydrogen) atoms. The molecule has 7 heteroatoms. The van der Waals surface area contributed by atoms with Gasteiger partial charge in [0.15, 0.2) is 11.3 Å². The Kier molecular flexibility index (Phi) is 2.89. The van der Waals surface area contributed by atoms with Crippen LogP contribution in [0.4, 0.5) is 0 Å². The van der Waals surface area contributed by atoms with Gasteiger partial charge in [-0.05, 0) is 12.8 Å². The molecule has 7 nitrogen and oxygen atoms in total. The number of aromatic nitrogens is 4. The number of H-pyrrole nitrogens is 1. The second-order valence-electron chi connectivity index (χ2n) is 4.35. The predicted octanol–water partition coefficient (Wildman–Crippen LogP) is 0.484. The van der Waals surface area contributed by atoms with E-state index in [-0.39, 0.29) is 5.91 Å². The molecule has 2 N–H and O–H groups in total. The van der Waals surface area contributed by atoms with Gasteiger partial charge in [-0.2, -0.15) is 5.10 Å². The molecule has 1 fully saturated rings. The lowest BCUT2D eigenvalue weighted by Gasteiger charge is -2.26. The Labute approximate surface area is 104 Å². The Morgan fingerprint density at radius 1 is 1.33 bits per heavy atom. The van der Waals surface area contributed by atoms with Crippen molar-refractivity contribution in [2.75, 3.05) is 13.1 Å². The zero-order valence-electron chi connectivity index (χ0n) is 9.89. The molecule has 1 saturated heterocycles. The van der Waals surface area contributed by atoms with Gasteiger partial charge in [-0.3, -0.25) is 15.3 Å². The Morgan fingerprint density at radius 3 is 3.00 bits per heavy atom. The molecule has 0 spiro atoms. The molecule has 0 bridgehead atoms. The number of piperidine rings is 1. The lowest BCUT2D eigenvalue weighted by molar-refractivity contribution is 0.0746. The van der Waals surface area contributed by atoms with Crippen molar-refractivity contribution >= 4 is 16.9 Å². The van der Waals surface area contributed by atoms with E-state index in [2.05, 4.69) is 25.6 Å². The highest BCUT2D eigenvalue weighted by Gasteiger charge is 2.18. The summed E-state index contributed by atoms with van der Waals surface area (Å²) in [6, 6.07) is 0. The van der Waals surface area contributed by atoms with E-state index in [1.54, 1.807) is 6.20 Å². The van der Waals surface area contributed by atoms with Crippen molar-refractivity contribution in [1.82, 2.24) is 30.6 Å². The van der Waals surface area contributed by atoms with Gasteiger partial charge in [-0.25, -0.2) is 15.0 Å². The van der Waals surface area contributed by atoms with Crippen LogP contribution in [-0.4, -0.2) is 44.2 Å². The SMILES string of the molecule is O=C(NN1CCCCC1)c1n[nH]c2ncncc12. The van der Waals surface area contributed by atoms with Crippen LogP contribution in [0, 0.1) is 0 Å². The lowest BCUT2D eigenvalue weighted by Crippen LogP contribution is -2.45. The largest absolute Gasteiger partial charge is 0.286 e. The molecule has 0 radical (unpaired) electrons. The number of hydrogen-bond donors (Lipinski definition) is 2. The normalized spacial score (nSPS) is 16.9. The van der Waals surface area contributed by atoms with E-state index < -0.39 is 0 Å². The number of carbonyl (C=O) groups is 1. The number of rotatable bonds is 2. The second kappa shape index (κ2) is 4.69. The minimum Gasteiger partial charge on any atom is -0.283 e. The number of hydrazine groups is 1. The van der Waals surface area contributed by atoms with Gasteiger partial charge in [0.1, 0.15) is 6.33 Å². The molecule has 1 aliphatic rings. The van der Waals surface area contributed by atoms with Crippen LogP contribution in [0.5, 0.6) is 0 Å². The van der Waals surface area contributed by atoms with Gasteiger partial charge < -0.3 is 0 Å². The van der Waals surface area contributed by atoms with Crippen LogP contribution in [0.25, 0.3) is 11.0 Å². The summed E-state index contributed by atoms with van der Waals surface area (Å²) in [6.45, 7) is 1.79. The molecule has 2 aromatic rings. The average Bonchev–Trinajstić information content (AvgIpc) is 2.84. The topological polar surface area (TPSA) is 86.8 Å². The number of carbonyl (C=O) groups excluding carboxylic acids is 1. The van der Waals surface area contributed by atoms with Crippen molar-refractivity contribution in [3.8, 4) is 0 Å². The van der Waals surface area contributed by atoms with E-state index in [1.807, 2.05) is 5.01 Å². The summed E-state index contributed by atoms with van der Waals surface area (Å²) in [5.41, 5.74) is 3.79. The molecule has 1 aliphatic heterocycles. The molecule has 0 aliphatic carbocycles. The van der Waals surface area contributed by atoms with Crippen molar-refractivity contribution in [2.45, 2.75) is 19.3 Å². The third-order valence-corrected chi connectivity index (χ3v) is 3.07. The van der Waals surface area contributed by atoms with Gasteiger partial charge in [-0.1, -0.05) is 6.42 Å². The Morgan fingerprint density at radius 2 is 2.17 bits per heavy atom. The fourth-order valence-electron chi connectivity index (χ4n) is 2.14. The van der Waals surface area contributed by atoms with Gasteiger partial charge in [0, 0.05) is 19.3 Å². The van der Waals surface area contributed by atoms with E-state index in [0.717, 1.165) is 25.9 Å². The monoisotopic (exact) mass is 246 g/mol. The predicted molar refractivity (Wildman–Crippen MR) is 64.6 cm³/mol. The highest BCUT2D eigenvalue weighted by molar-refractivity contribution is 6.03. The zero-order chi connectivity index (χ0) is 12.4. The number of nitrogens with one attached hydrogen (secondary N) is 2. The first-order valence-electron chi connectivity index (χ1n) is 6.04. The van der Waals surface area contributed by atoms with Gasteiger partial charge >= 0.3 is 0 Å². The Balaban J connectivity index is 1.79. The van der Waals surface area contributed by atoms with Gasteiger partial charge in [0.05, 0.1) is 5.39 Å². The molecule has 3 heterocycles. The summed E-state index contributed by atoms with van der Waals surface area (Å²) in [4.78, 5) is 20.0. The molecule has 1 amide bonds. The number of fused-ring (bicyclic) bond motifs is 1. The van der Waals surface area contributed by atoms with Crippen LogP contribution in [0.1, 0.15) is 29.8 Å². The third kappa shape index (κ3) is 2.04. The standard InChI is InChI=1S/C11H14N6O/c18-11(16-17-4-2-1-3-5-17)9-8-6-12-7-13-10(8)15-14-9/h6-7H,1-5H2,(H,16,18)(H,12,13,14,15). The van der Waals surface area contributed by atoms with Gasteiger partial charge in [0.25, 0.3) is 5.91 Å². The minimum absolute atomic E-state index is 0.210. The molecule has 0 aromatic carbocycles. The molecule has 0 unspecified atom stereocenters. The maximum Gasteiger partial charge on any atom is 0.286 e. The summed E-state index contributed by atoms with van der Waals surface area (Å²) in [7, 11) is 0. The van der Waals surface area contributed by atoms with Crippen LogP contribution in [0.15, 0.2) is 12.5 Å². The quantitative estimate of drug-likeness (QED) is 0.805. The van der Waals surface area contributed by atoms with Crippen LogP contribution in [-0.2, 0) is 0 Å². The number of hydrogen-bond acceptors (Lipinski definition) is 5. The van der Waals surface area contributed by atoms with E-state index >= 15 is 0 Å². The number of amides is 1. The average molecular weight is 246 g/mol. The minimum atomic E-state index is -0.210. The number of aromatic amines is 1. The Bertz CT molecular complexity index is 559. The third-order valence-electron chi connectivity index (χ3n) is 3.07. The highest BCUT2D eigenvalue weighted by Crippen LogP contribution is 2.12. The first-order valence-corrected chi connectivity index (χ1v) is 6.04. The van der Waals surface area contributed by atoms with Crippen LogP contribution in [0.2, 0.25) is 0 Å². The molecule has 94 valence electrons. The summed E-state index contributed by atoms with van der Waals surface area (Å²) in [5, 5.41) is 9.31. The van der Waals surface area contributed by atoms with E-state index in [9.17, 15) is 4.79 Å². The maximum atomic E-state index is 12.1. The highest BCUT2D eigenvalue weighted by atomic mass is 16.2. The number of nitrogens with zero attached hydrogens (tertiary/aromatic N) is 4. The van der Waals surface area contributed by atoms with Crippen molar-refractivity contribution in [3.05, 3.63) is 18.2 Å². The first kappa shape index (κ1) is 11.1. The molecular weight excluding hydrogens is 232 g/mol. The lowest BCUT2D eigenvalue weighted by atomic mass is 10.2. The van der Waals surface area contributed by atoms with Crippen molar-refractivity contribution in [3.63, 3.8) is 0 Å². The van der Waals surface area contributed by atoms with Crippen LogP contribution in [0.3, 0.4) is 0 Å². The zero-order valence-corrected chi connectivity index (χ0v) is 9.89.